The Morgan fingerprint density at radius 1 is 0.407 bits per heavy atom. The largest absolute Gasteiger partial charge is 0.394 e. The molecule has 0 aromatic heterocycles. The molecular formula is C78H138N20O20. The van der Waals surface area contributed by atoms with Crippen LogP contribution in [-0.2, 0) is 91.1 Å². The molecule has 1 rings (SSSR count). The zero-order chi connectivity index (χ0) is 91.7. The summed E-state index contributed by atoms with van der Waals surface area (Å²) in [6.45, 7) is 35.6. The second-order valence-electron chi connectivity index (χ2n) is 36.0. The predicted octanol–water partition coefficient (Wildman–Crippen LogP) is -3.67. The number of nitrogens with one attached hydrogen (secondary N) is 16. The lowest BCUT2D eigenvalue weighted by molar-refractivity contribution is -0.145. The molecular weight excluding hydrogens is 1540 g/mol. The molecule has 1 fully saturated rings. The van der Waals surface area contributed by atoms with Gasteiger partial charge in [-0.1, -0.05) is 62.3 Å². The van der Waals surface area contributed by atoms with Crippen LogP contribution in [0.1, 0.15) is 237 Å². The molecule has 23 N–H and O–H groups in total. The van der Waals surface area contributed by atoms with Crippen molar-refractivity contribution in [3.63, 3.8) is 0 Å². The number of hydrogen-bond donors (Lipinski definition) is 20. The molecule has 0 bridgehead atoms. The molecule has 0 aromatic rings. The van der Waals surface area contributed by atoms with Gasteiger partial charge in [-0.25, -0.2) is 0 Å². The number of aliphatic hydroxyl groups is 1. The van der Waals surface area contributed by atoms with E-state index in [2.05, 4.69) is 85.1 Å². The van der Waals surface area contributed by atoms with E-state index in [1.165, 1.54) is 116 Å². The molecule has 40 heteroatoms. The second kappa shape index (κ2) is 44.6. The van der Waals surface area contributed by atoms with Gasteiger partial charge in [0, 0.05) is 19.4 Å². The van der Waals surface area contributed by atoms with Gasteiger partial charge in [-0.05, 0) is 186 Å². The number of amides is 19. The van der Waals surface area contributed by atoms with Crippen LogP contribution in [-0.4, -0.2) is 241 Å². The Balaban J connectivity index is 3.22. The third kappa shape index (κ3) is 34.4. The first-order valence-electron chi connectivity index (χ1n) is 39.9. The molecule has 40 nitrogen and oxygen atoms in total. The molecule has 0 aromatic carbocycles. The van der Waals surface area contributed by atoms with E-state index in [4.69, 9.17) is 17.2 Å². The SMILES string of the molecule is CC[C@](C)(NC(=O)C(C)(C)NC(=O)[C@H](CC(C)C)NC(=O)[C@@H]1CCCN1C(=O)C(C)(C)NC(=O)[C@@H](CC(C)C)NC(=O)CNC(=O)C(C)(C)NC(=O)[C@@H](NC(=O)C(C)(C)NC(=O)[C@H](CCC(N)=O)NC(=O)C(C)(C)NC(=O)C(C)(C)NC(=O)[C@H](C)NC(=O)CNC(=O)C(C)(C)N)C(C)C)C(=O)N[C@@H](CCC(N)=O)C(=O)N[C@@H](CO)CC(C)C. The molecule has 1 heterocycles. The lowest BCUT2D eigenvalue weighted by Crippen LogP contribution is -2.66. The maximum Gasteiger partial charge on any atom is 0.248 e. The van der Waals surface area contributed by atoms with Crippen LogP contribution in [0.2, 0.25) is 0 Å². The van der Waals surface area contributed by atoms with Crippen LogP contribution in [0.15, 0.2) is 0 Å². The minimum absolute atomic E-state index is 0.0113. The van der Waals surface area contributed by atoms with Gasteiger partial charge in [0.05, 0.1) is 31.3 Å². The molecule has 0 unspecified atom stereocenters. The van der Waals surface area contributed by atoms with Crippen LogP contribution in [0.25, 0.3) is 0 Å². The monoisotopic (exact) mass is 1680 g/mol. The fourth-order valence-corrected chi connectivity index (χ4v) is 11.8. The van der Waals surface area contributed by atoms with Crippen molar-refractivity contribution in [3.05, 3.63) is 0 Å². The average Bonchev–Trinajstić information content (AvgIpc) is 1.55. The number of hydrogen-bond acceptors (Lipinski definition) is 21. The van der Waals surface area contributed by atoms with E-state index >= 15 is 0 Å². The maximum absolute atomic E-state index is 14.5. The second-order valence-corrected chi connectivity index (χ2v) is 36.0. The van der Waals surface area contributed by atoms with E-state index in [1.54, 1.807) is 48.5 Å². The summed E-state index contributed by atoms with van der Waals surface area (Å²) in [4.78, 5) is 259. The van der Waals surface area contributed by atoms with Gasteiger partial charge in [0.25, 0.3) is 0 Å². The van der Waals surface area contributed by atoms with Crippen molar-refractivity contribution >= 4 is 112 Å². The highest BCUT2D eigenvalue weighted by Crippen LogP contribution is 2.25. The standard InChI is InChI=1S/C78H138N20O20/c1-26-78(25,69(117)89-46(29-31-51(79)100)57(105)85-45(39-99)34-40(2)3)97-68(116)76(21,22)93-60(108)49(36-42(6)7)87-61(109)50-28-27-33-98(50)70(118)77(23,24)94-59(107)48(35-41(4)5)86-54(103)38-83-64(112)72(13,14)95-62(110)55(43(8)9)90-66(114)73(15,16)92-58(106)47(30-32-52(80)101)88-65(113)74(17,18)96-67(115)75(19,20)91-56(104)44(10)84-53(102)37-82-63(111)71(11,12)81/h40-50,55,99H,26-39,81H2,1-25H3,(H2,79,100)(H2,80,101)(H,82,111)(H,83,112)(H,84,102)(H,85,105)(H,86,103)(H,87,109)(H,88,113)(H,89,117)(H,90,114)(H,91,104)(H,92,106)(H,93,108)(H,94,107)(H,95,110)(H,96,115)(H,97,116)/t44-,45+,46-,47-,48+,49-,50-,55-,78-/m0/s1. The minimum Gasteiger partial charge on any atom is -0.394 e. The number of primary amides is 2. The highest BCUT2D eigenvalue weighted by atomic mass is 16.3. The molecule has 0 aliphatic carbocycles. The molecule has 19 amide bonds. The van der Waals surface area contributed by atoms with Gasteiger partial charge in [-0.15, -0.1) is 0 Å². The summed E-state index contributed by atoms with van der Waals surface area (Å²) < 4.78 is 0. The maximum atomic E-state index is 14.5. The van der Waals surface area contributed by atoms with E-state index in [-0.39, 0.29) is 62.8 Å². The number of rotatable bonds is 48. The van der Waals surface area contributed by atoms with Gasteiger partial charge < -0.3 is 112 Å². The summed E-state index contributed by atoms with van der Waals surface area (Å²) in [5, 5.41) is 50.9. The van der Waals surface area contributed by atoms with Crippen molar-refractivity contribution in [2.75, 3.05) is 26.2 Å². The Hall–Kier alpha value is -10.1. The summed E-state index contributed by atoms with van der Waals surface area (Å²) in [6.07, 6.45) is -0.294. The van der Waals surface area contributed by atoms with Crippen LogP contribution in [0.3, 0.4) is 0 Å². The molecule has 1 aliphatic heterocycles. The van der Waals surface area contributed by atoms with Crippen LogP contribution < -0.4 is 102 Å². The van der Waals surface area contributed by atoms with Gasteiger partial charge >= 0.3 is 0 Å². The van der Waals surface area contributed by atoms with Gasteiger partial charge in [0.2, 0.25) is 112 Å². The van der Waals surface area contributed by atoms with Crippen LogP contribution >= 0.6 is 0 Å². The number of nitrogens with zero attached hydrogens (tertiary/aromatic N) is 1. The van der Waals surface area contributed by atoms with Crippen molar-refractivity contribution in [2.45, 2.75) is 330 Å². The topological polar surface area (TPSA) is 618 Å². The smallest absolute Gasteiger partial charge is 0.248 e. The molecule has 1 saturated heterocycles. The quantitative estimate of drug-likeness (QED) is 0.0279. The van der Waals surface area contributed by atoms with Crippen LogP contribution in [0.4, 0.5) is 0 Å². The lowest BCUT2D eigenvalue weighted by Gasteiger charge is -2.36. The van der Waals surface area contributed by atoms with E-state index in [1.807, 2.05) is 13.8 Å². The van der Waals surface area contributed by atoms with Crippen LogP contribution in [0, 0.1) is 23.7 Å². The Labute approximate surface area is 692 Å². The lowest BCUT2D eigenvalue weighted by atomic mass is 9.93. The molecule has 0 spiro atoms. The number of nitrogens with two attached hydrogens (primary N) is 3. The highest BCUT2D eigenvalue weighted by molar-refractivity contribution is 6.04. The molecule has 0 radical (unpaired) electrons. The fraction of sp³-hybridized carbons (Fsp3) is 0.756. The molecule has 670 valence electrons. The fourth-order valence-electron chi connectivity index (χ4n) is 11.8. The van der Waals surface area contributed by atoms with Gasteiger partial charge in [0.1, 0.15) is 81.1 Å². The molecule has 9 atom stereocenters. The highest BCUT2D eigenvalue weighted by Gasteiger charge is 2.47. The summed E-state index contributed by atoms with van der Waals surface area (Å²) in [5.74, 6) is -16.5. The first kappa shape index (κ1) is 106. The number of aliphatic hydroxyl groups excluding tert-OH is 1. The Morgan fingerprint density at radius 2 is 0.797 bits per heavy atom. The van der Waals surface area contributed by atoms with Gasteiger partial charge in [0.15, 0.2) is 0 Å². The van der Waals surface area contributed by atoms with Crippen molar-refractivity contribution in [1.29, 1.82) is 0 Å². The average molecular weight is 1680 g/mol. The van der Waals surface area contributed by atoms with Crippen molar-refractivity contribution in [3.8, 4) is 0 Å². The third-order valence-corrected chi connectivity index (χ3v) is 19.4. The van der Waals surface area contributed by atoms with Crippen molar-refractivity contribution < 1.29 is 96.2 Å². The Bertz CT molecular complexity index is 3660. The van der Waals surface area contributed by atoms with E-state index < -0.39 is 243 Å². The van der Waals surface area contributed by atoms with E-state index in [0.29, 0.717) is 12.8 Å². The summed E-state index contributed by atoms with van der Waals surface area (Å²) in [5.41, 5.74) is 2.85. The zero-order valence-electron chi connectivity index (χ0n) is 73.7. The summed E-state index contributed by atoms with van der Waals surface area (Å²) in [7, 11) is 0. The molecule has 0 saturated carbocycles. The third-order valence-electron chi connectivity index (χ3n) is 19.4. The van der Waals surface area contributed by atoms with Gasteiger partial charge in [-0.2, -0.15) is 0 Å². The van der Waals surface area contributed by atoms with Crippen molar-refractivity contribution in [1.82, 2.24) is 90.0 Å². The van der Waals surface area contributed by atoms with Crippen molar-refractivity contribution in [2.24, 2.45) is 40.9 Å². The van der Waals surface area contributed by atoms with E-state index in [0.717, 1.165) is 0 Å². The minimum atomic E-state index is -1.88. The van der Waals surface area contributed by atoms with E-state index in [9.17, 15) is 96.2 Å². The summed E-state index contributed by atoms with van der Waals surface area (Å²) in [6, 6.07) is -9.81. The Morgan fingerprint density at radius 3 is 1.25 bits per heavy atom. The number of likely N-dealkylation sites (tertiary alicyclic amines) is 1. The first-order valence-corrected chi connectivity index (χ1v) is 39.9. The number of carbonyl (C=O) groups is 19. The number of carbonyl (C=O) groups excluding carboxylic acids is 19. The predicted molar refractivity (Wildman–Crippen MR) is 436 cm³/mol. The zero-order valence-corrected chi connectivity index (χ0v) is 73.7. The molecule has 1 aliphatic rings. The Kier molecular flexibility index (Phi) is 40.0. The van der Waals surface area contributed by atoms with Gasteiger partial charge in [-0.3, -0.25) is 91.1 Å². The summed E-state index contributed by atoms with van der Waals surface area (Å²) >= 11 is 0. The first-order chi connectivity index (χ1) is 53.7. The molecule has 118 heavy (non-hydrogen) atoms. The van der Waals surface area contributed by atoms with Crippen LogP contribution in [0.5, 0.6) is 0 Å². The normalized spacial score (nSPS) is 15.8.